The minimum Gasteiger partial charge on any atom is -0.303 e. The Kier molecular flexibility index (Phi) is 2.81. The van der Waals surface area contributed by atoms with Crippen LogP contribution in [-0.4, -0.2) is 17.4 Å². The molecule has 0 spiro atoms. The van der Waals surface area contributed by atoms with E-state index in [0.29, 0.717) is 0 Å². The van der Waals surface area contributed by atoms with Gasteiger partial charge in [-0.15, -0.1) is 12.4 Å². The maximum Gasteiger partial charge on any atom is 0.179 e. The lowest BCUT2D eigenvalue weighted by atomic mass is 10.0. The molecule has 0 aliphatic carbocycles. The zero-order valence-corrected chi connectivity index (χ0v) is 11.7. The van der Waals surface area contributed by atoms with E-state index < -0.39 is 37.9 Å². The Morgan fingerprint density at radius 1 is 1.33 bits per heavy atom. The smallest absolute Gasteiger partial charge is 0.179 e. The van der Waals surface area contributed by atoms with Crippen LogP contribution in [0, 0.1) is 0 Å². The molecule has 0 heterocycles. The summed E-state index contributed by atoms with van der Waals surface area (Å²) in [6.45, 7) is -9.16. The highest BCUT2D eigenvalue weighted by Crippen LogP contribution is 2.23. The molecule has 2 nitrogen and oxygen atoms in total. The molecule has 0 radical (unpaired) electrons. The highest BCUT2D eigenvalue weighted by atomic mass is 35.5. The topological polar surface area (TPSA) is 29.1 Å². The quantitative estimate of drug-likeness (QED) is 0.838. The van der Waals surface area contributed by atoms with E-state index in [0.717, 1.165) is 0 Å². The van der Waals surface area contributed by atoms with Gasteiger partial charge < -0.3 is 5.32 Å². The number of hydrogen-bond donors (Lipinski definition) is 1. The predicted molar refractivity (Wildman–Crippen MR) is 80.4 cm³/mol. The molecule has 0 aliphatic rings. The summed E-state index contributed by atoms with van der Waals surface area (Å²) in [7, 11) is 0. The van der Waals surface area contributed by atoms with Crippen LogP contribution in [0.4, 0.5) is 0 Å². The van der Waals surface area contributed by atoms with Crippen molar-refractivity contribution in [1.82, 2.24) is 5.32 Å². The first-order valence-electron chi connectivity index (χ1n) is 9.22. The molecular weight excluding hydrogens is 293 g/mol. The molecule has 0 saturated heterocycles. The summed E-state index contributed by atoms with van der Waals surface area (Å²) in [5.41, 5.74) is -3.27. The maximum absolute atomic E-state index is 12.6. The van der Waals surface area contributed by atoms with Crippen molar-refractivity contribution in [2.24, 2.45) is 0 Å². The number of rotatable bonds is 3. The van der Waals surface area contributed by atoms with Gasteiger partial charge in [0.05, 0.1) is 16.1 Å². The van der Waals surface area contributed by atoms with Crippen LogP contribution in [0.3, 0.4) is 0 Å². The predicted octanol–water partition coefficient (Wildman–Crippen LogP) is 4.37. The van der Waals surface area contributed by atoms with Crippen molar-refractivity contribution in [2.75, 3.05) is 0 Å². The van der Waals surface area contributed by atoms with Crippen LogP contribution in [0.5, 0.6) is 0 Å². The van der Waals surface area contributed by atoms with Crippen molar-refractivity contribution in [3.63, 3.8) is 0 Å². The zero-order chi connectivity index (χ0) is 20.7. The third kappa shape index (κ3) is 5.15. The maximum atomic E-state index is 12.6. The Balaban J connectivity index is 0.00000676. The standard InChI is InChI=1S/C13H17Cl2NO.ClH/c1-8(16-13(2,3)4)12(17)9-5-6-10(14)11(15)7-9;/h5-8,16H,1-4H3;1H/i2D3,3D3,4D3;. The van der Waals surface area contributed by atoms with Crippen LogP contribution < -0.4 is 5.32 Å². The third-order valence-electron chi connectivity index (χ3n) is 2.03. The van der Waals surface area contributed by atoms with Gasteiger partial charge in [0.2, 0.25) is 0 Å². The van der Waals surface area contributed by atoms with Gasteiger partial charge in [0, 0.05) is 23.4 Å². The van der Waals surface area contributed by atoms with E-state index in [9.17, 15) is 4.79 Å². The Bertz CT molecular complexity index is 649. The second kappa shape index (κ2) is 6.76. The van der Waals surface area contributed by atoms with Gasteiger partial charge >= 0.3 is 0 Å². The van der Waals surface area contributed by atoms with E-state index >= 15 is 0 Å². The SMILES string of the molecule is Cl.[2H]C([2H])([2H])C(NC(C)C(=O)c1ccc(Cl)c(Cl)c1)(C([2H])([2H])[2H])C([2H])([2H])[2H]. The van der Waals surface area contributed by atoms with Crippen molar-refractivity contribution in [1.29, 1.82) is 0 Å². The first kappa shape index (κ1) is 7.49. The van der Waals surface area contributed by atoms with Gasteiger partial charge in [-0.2, -0.15) is 0 Å². The molecule has 1 aromatic rings. The summed E-state index contributed by atoms with van der Waals surface area (Å²) < 4.78 is 68.0. The number of carbonyl (C=O) groups is 1. The van der Waals surface area contributed by atoms with E-state index in [2.05, 4.69) is 5.32 Å². The molecule has 102 valence electrons. The molecule has 0 bridgehead atoms. The van der Waals surface area contributed by atoms with E-state index in [1.165, 1.54) is 25.1 Å². The van der Waals surface area contributed by atoms with Gasteiger partial charge in [-0.3, -0.25) is 4.79 Å². The number of Topliss-reactive ketones (excluding diaryl/α,β-unsaturated/α-hetero) is 1. The first-order valence-corrected chi connectivity index (χ1v) is 5.48. The van der Waals surface area contributed by atoms with Gasteiger partial charge in [-0.05, 0) is 45.7 Å². The second-order valence-electron chi connectivity index (χ2n) is 3.61. The molecular formula is C13H18Cl3NO. The van der Waals surface area contributed by atoms with Crippen LogP contribution >= 0.6 is 35.6 Å². The fourth-order valence-corrected chi connectivity index (χ4v) is 1.59. The molecule has 5 heteroatoms. The molecule has 1 aromatic carbocycles. The summed E-state index contributed by atoms with van der Waals surface area (Å²) in [5, 5.41) is 2.32. The Hall–Kier alpha value is -0.280. The lowest BCUT2D eigenvalue weighted by Crippen LogP contribution is -2.46. The molecule has 18 heavy (non-hydrogen) atoms. The number of halogens is 3. The second-order valence-corrected chi connectivity index (χ2v) is 4.42. The number of benzene rings is 1. The van der Waals surface area contributed by atoms with Gasteiger partial charge in [-0.1, -0.05) is 23.2 Å². The van der Waals surface area contributed by atoms with E-state index in [1.807, 2.05) is 0 Å². The van der Waals surface area contributed by atoms with E-state index in [-0.39, 0.29) is 28.0 Å². The Morgan fingerprint density at radius 3 is 2.44 bits per heavy atom. The fraction of sp³-hybridized carbons (Fsp3) is 0.462. The summed E-state index contributed by atoms with van der Waals surface area (Å²) in [6, 6.07) is 2.45. The third-order valence-corrected chi connectivity index (χ3v) is 2.77. The van der Waals surface area contributed by atoms with Gasteiger partial charge in [-0.25, -0.2) is 0 Å². The summed E-state index contributed by atoms with van der Waals surface area (Å²) in [5.74, 6) is -0.731. The lowest BCUT2D eigenvalue weighted by molar-refractivity contribution is 0.0936. The monoisotopic (exact) mass is 318 g/mol. The lowest BCUT2D eigenvalue weighted by Gasteiger charge is -2.25. The van der Waals surface area contributed by atoms with Crippen LogP contribution in [0.25, 0.3) is 0 Å². The van der Waals surface area contributed by atoms with Crippen molar-refractivity contribution in [2.45, 2.75) is 39.1 Å². The van der Waals surface area contributed by atoms with Gasteiger partial charge in [0.15, 0.2) is 5.78 Å². The zero-order valence-electron chi connectivity index (χ0n) is 18.4. The normalized spacial score (nSPS) is 22.3. The largest absolute Gasteiger partial charge is 0.303 e. The molecule has 1 rings (SSSR count). The summed E-state index contributed by atoms with van der Waals surface area (Å²) in [6.07, 6.45) is 0. The molecule has 1 unspecified atom stereocenters. The molecule has 0 aliphatic heterocycles. The van der Waals surface area contributed by atoms with Crippen molar-refractivity contribution >= 4 is 41.4 Å². The average molecular weight is 320 g/mol. The number of hydrogen-bond acceptors (Lipinski definition) is 2. The first-order chi connectivity index (χ1) is 11.5. The van der Waals surface area contributed by atoms with Gasteiger partial charge in [0.1, 0.15) is 0 Å². The van der Waals surface area contributed by atoms with E-state index in [1.54, 1.807) is 0 Å². The summed E-state index contributed by atoms with van der Waals surface area (Å²) >= 11 is 11.6. The van der Waals surface area contributed by atoms with Crippen LogP contribution in [0.1, 0.15) is 50.2 Å². The van der Waals surface area contributed by atoms with Crippen molar-refractivity contribution in [3.05, 3.63) is 33.8 Å². The molecule has 1 atom stereocenters. The Morgan fingerprint density at radius 2 is 1.94 bits per heavy atom. The fourth-order valence-electron chi connectivity index (χ4n) is 1.29. The number of carbonyl (C=O) groups excluding carboxylic acids is 1. The number of nitrogens with one attached hydrogen (secondary N) is 1. The van der Waals surface area contributed by atoms with Crippen LogP contribution in [0.15, 0.2) is 18.2 Å². The van der Waals surface area contributed by atoms with Crippen LogP contribution in [0.2, 0.25) is 10.0 Å². The highest BCUT2D eigenvalue weighted by molar-refractivity contribution is 6.42. The summed E-state index contributed by atoms with van der Waals surface area (Å²) in [4.78, 5) is 12.6. The number of ketones is 1. The van der Waals surface area contributed by atoms with Crippen molar-refractivity contribution in [3.8, 4) is 0 Å². The highest BCUT2D eigenvalue weighted by Gasteiger charge is 2.20. The molecule has 0 saturated carbocycles. The van der Waals surface area contributed by atoms with Gasteiger partial charge in [0.25, 0.3) is 0 Å². The van der Waals surface area contributed by atoms with Crippen molar-refractivity contribution < 1.29 is 17.1 Å². The molecule has 0 aromatic heterocycles. The molecule has 1 N–H and O–H groups in total. The van der Waals surface area contributed by atoms with Crippen LogP contribution in [-0.2, 0) is 0 Å². The average Bonchev–Trinajstić information content (AvgIpc) is 2.42. The molecule has 0 fully saturated rings. The van der Waals surface area contributed by atoms with E-state index in [4.69, 9.17) is 35.5 Å². The minimum absolute atomic E-state index is 0. The Labute approximate surface area is 137 Å². The molecule has 0 amide bonds. The minimum atomic E-state index is -3.45.